The van der Waals surface area contributed by atoms with E-state index in [9.17, 15) is 4.79 Å². The molecule has 1 saturated heterocycles. The van der Waals surface area contributed by atoms with Gasteiger partial charge in [-0.05, 0) is 51.6 Å². The van der Waals surface area contributed by atoms with Gasteiger partial charge >= 0.3 is 0 Å². The van der Waals surface area contributed by atoms with Gasteiger partial charge in [-0.25, -0.2) is 4.98 Å². The number of amides is 1. The molecule has 2 fully saturated rings. The van der Waals surface area contributed by atoms with Crippen LogP contribution < -0.4 is 5.32 Å². The number of carbonyl (C=O) groups excluding carboxylic acids is 1. The molecule has 0 aromatic carbocycles. The predicted octanol–water partition coefficient (Wildman–Crippen LogP) is 2.06. The lowest BCUT2D eigenvalue weighted by Crippen LogP contribution is -2.40. The molecule has 1 aliphatic carbocycles. The molecule has 0 spiro atoms. The van der Waals surface area contributed by atoms with Crippen molar-refractivity contribution in [3.63, 3.8) is 0 Å². The lowest BCUT2D eigenvalue weighted by Gasteiger charge is -2.29. The lowest BCUT2D eigenvalue weighted by molar-refractivity contribution is 0.0696. The second kappa shape index (κ2) is 5.59. The van der Waals surface area contributed by atoms with Crippen LogP contribution in [0.1, 0.15) is 41.2 Å². The number of thiazole rings is 1. The van der Waals surface area contributed by atoms with E-state index < -0.39 is 0 Å². The molecule has 1 amide bonds. The van der Waals surface area contributed by atoms with Crippen molar-refractivity contribution in [1.82, 2.24) is 15.2 Å². The predicted molar refractivity (Wildman–Crippen MR) is 76.5 cm³/mol. The summed E-state index contributed by atoms with van der Waals surface area (Å²) in [6.07, 6.45) is 4.71. The third kappa shape index (κ3) is 3.15. The third-order valence-corrected chi connectivity index (χ3v) is 4.77. The van der Waals surface area contributed by atoms with Crippen molar-refractivity contribution in [2.75, 3.05) is 19.6 Å². The molecule has 104 valence electrons. The maximum absolute atomic E-state index is 12.6. The molecular formula is C14H21N3OS. The highest BCUT2D eigenvalue weighted by molar-refractivity contribution is 7.09. The Bertz CT molecular complexity index is 449. The van der Waals surface area contributed by atoms with E-state index in [1.54, 1.807) is 11.3 Å². The third-order valence-electron chi connectivity index (χ3n) is 4.00. The molecule has 0 atom stereocenters. The van der Waals surface area contributed by atoms with Gasteiger partial charge in [-0.2, -0.15) is 0 Å². The monoisotopic (exact) mass is 279 g/mol. The SMILES string of the molecule is Cc1nc(C(=O)N(CC2CCNCC2)C2CC2)cs1. The Morgan fingerprint density at radius 3 is 2.74 bits per heavy atom. The number of piperidine rings is 1. The molecule has 1 aliphatic heterocycles. The van der Waals surface area contributed by atoms with Crippen LogP contribution in [-0.4, -0.2) is 41.5 Å². The normalized spacial score (nSPS) is 20.5. The zero-order valence-electron chi connectivity index (χ0n) is 11.4. The van der Waals surface area contributed by atoms with E-state index in [2.05, 4.69) is 15.2 Å². The highest BCUT2D eigenvalue weighted by Gasteiger charge is 2.35. The van der Waals surface area contributed by atoms with E-state index in [4.69, 9.17) is 0 Å². The molecule has 2 aliphatic rings. The van der Waals surface area contributed by atoms with E-state index in [-0.39, 0.29) is 5.91 Å². The summed E-state index contributed by atoms with van der Waals surface area (Å²) in [5, 5.41) is 6.25. The van der Waals surface area contributed by atoms with Gasteiger partial charge in [-0.3, -0.25) is 4.79 Å². The van der Waals surface area contributed by atoms with Gasteiger partial charge in [0.05, 0.1) is 5.01 Å². The van der Waals surface area contributed by atoms with Crippen molar-refractivity contribution in [3.8, 4) is 0 Å². The van der Waals surface area contributed by atoms with Crippen molar-refractivity contribution in [2.45, 2.75) is 38.6 Å². The number of nitrogens with zero attached hydrogens (tertiary/aromatic N) is 2. The molecule has 0 unspecified atom stereocenters. The number of aromatic nitrogens is 1. The van der Waals surface area contributed by atoms with Crippen LogP contribution in [0.15, 0.2) is 5.38 Å². The van der Waals surface area contributed by atoms with Gasteiger partial charge in [0.2, 0.25) is 0 Å². The summed E-state index contributed by atoms with van der Waals surface area (Å²) in [6, 6.07) is 0.476. The van der Waals surface area contributed by atoms with Crippen LogP contribution >= 0.6 is 11.3 Å². The summed E-state index contributed by atoms with van der Waals surface area (Å²) < 4.78 is 0. The van der Waals surface area contributed by atoms with Gasteiger partial charge in [0.1, 0.15) is 5.69 Å². The topological polar surface area (TPSA) is 45.2 Å². The molecule has 19 heavy (non-hydrogen) atoms. The summed E-state index contributed by atoms with van der Waals surface area (Å²) in [5.74, 6) is 0.802. The molecule has 5 heteroatoms. The fourth-order valence-corrected chi connectivity index (χ4v) is 3.32. The second-order valence-electron chi connectivity index (χ2n) is 5.63. The highest BCUT2D eigenvalue weighted by atomic mass is 32.1. The number of hydrogen-bond donors (Lipinski definition) is 1. The van der Waals surface area contributed by atoms with Crippen LogP contribution in [0.25, 0.3) is 0 Å². The minimum atomic E-state index is 0.144. The summed E-state index contributed by atoms with van der Waals surface area (Å²) >= 11 is 1.56. The van der Waals surface area contributed by atoms with Crippen molar-refractivity contribution in [2.24, 2.45) is 5.92 Å². The van der Waals surface area contributed by atoms with Crippen LogP contribution in [0.4, 0.5) is 0 Å². The zero-order valence-corrected chi connectivity index (χ0v) is 12.2. The molecule has 1 N–H and O–H groups in total. The number of rotatable bonds is 4. The molecule has 1 aromatic rings. The van der Waals surface area contributed by atoms with Gasteiger partial charge in [-0.1, -0.05) is 0 Å². The number of aryl methyl sites for hydroxylation is 1. The highest BCUT2D eigenvalue weighted by Crippen LogP contribution is 2.30. The average Bonchev–Trinajstić information content (AvgIpc) is 3.18. The van der Waals surface area contributed by atoms with Crippen LogP contribution in [0, 0.1) is 12.8 Å². The van der Waals surface area contributed by atoms with Gasteiger partial charge in [0.25, 0.3) is 5.91 Å². The molecule has 0 radical (unpaired) electrons. The summed E-state index contributed by atoms with van der Waals surface area (Å²) in [4.78, 5) is 19.0. The number of carbonyl (C=O) groups is 1. The van der Waals surface area contributed by atoms with E-state index in [0.717, 1.165) is 24.6 Å². The Morgan fingerprint density at radius 1 is 1.42 bits per heavy atom. The summed E-state index contributed by atoms with van der Waals surface area (Å²) in [5.41, 5.74) is 0.642. The van der Waals surface area contributed by atoms with Crippen LogP contribution in [0.5, 0.6) is 0 Å². The van der Waals surface area contributed by atoms with Crippen molar-refractivity contribution < 1.29 is 4.79 Å². The van der Waals surface area contributed by atoms with Crippen LogP contribution in [0.2, 0.25) is 0 Å². The van der Waals surface area contributed by atoms with E-state index in [0.29, 0.717) is 17.7 Å². The van der Waals surface area contributed by atoms with Crippen molar-refractivity contribution in [3.05, 3.63) is 16.1 Å². The second-order valence-corrected chi connectivity index (χ2v) is 6.70. The van der Waals surface area contributed by atoms with E-state index >= 15 is 0 Å². The van der Waals surface area contributed by atoms with Crippen molar-refractivity contribution in [1.29, 1.82) is 0 Å². The Balaban J connectivity index is 1.68. The van der Waals surface area contributed by atoms with Gasteiger partial charge < -0.3 is 10.2 Å². The first kappa shape index (κ1) is 13.1. The first-order valence-corrected chi connectivity index (χ1v) is 8.06. The molecule has 3 rings (SSSR count). The standard InChI is InChI=1S/C14H21N3OS/c1-10-16-13(9-19-10)14(18)17(12-2-3-12)8-11-4-6-15-7-5-11/h9,11-12,15H,2-8H2,1H3. The van der Waals surface area contributed by atoms with Crippen LogP contribution in [-0.2, 0) is 0 Å². The molecule has 1 aromatic heterocycles. The fourth-order valence-electron chi connectivity index (χ4n) is 2.74. The smallest absolute Gasteiger partial charge is 0.273 e. The average molecular weight is 279 g/mol. The Kier molecular flexibility index (Phi) is 3.84. The number of hydrogen-bond acceptors (Lipinski definition) is 4. The van der Waals surface area contributed by atoms with E-state index in [1.165, 1.54) is 25.7 Å². The minimum absolute atomic E-state index is 0.144. The van der Waals surface area contributed by atoms with Crippen LogP contribution in [0.3, 0.4) is 0 Å². The molecule has 2 heterocycles. The minimum Gasteiger partial charge on any atom is -0.334 e. The summed E-state index contributed by atoms with van der Waals surface area (Å²) in [6.45, 7) is 5.05. The fraction of sp³-hybridized carbons (Fsp3) is 0.714. The summed E-state index contributed by atoms with van der Waals surface area (Å²) in [7, 11) is 0. The molecular weight excluding hydrogens is 258 g/mol. The van der Waals surface area contributed by atoms with E-state index in [1.807, 2.05) is 12.3 Å². The lowest BCUT2D eigenvalue weighted by atomic mass is 9.97. The van der Waals surface area contributed by atoms with Gasteiger partial charge in [-0.15, -0.1) is 11.3 Å². The largest absolute Gasteiger partial charge is 0.334 e. The molecule has 4 nitrogen and oxygen atoms in total. The maximum Gasteiger partial charge on any atom is 0.273 e. The molecule has 1 saturated carbocycles. The van der Waals surface area contributed by atoms with Gasteiger partial charge in [0, 0.05) is 18.0 Å². The molecule has 0 bridgehead atoms. The number of nitrogens with one attached hydrogen (secondary N) is 1. The van der Waals surface area contributed by atoms with Gasteiger partial charge in [0.15, 0.2) is 0 Å². The zero-order chi connectivity index (χ0) is 13.2. The maximum atomic E-state index is 12.6. The first-order valence-electron chi connectivity index (χ1n) is 7.18. The quantitative estimate of drug-likeness (QED) is 0.917. The Labute approximate surface area is 118 Å². The Morgan fingerprint density at radius 2 is 2.16 bits per heavy atom. The first-order chi connectivity index (χ1) is 9.24. The Hall–Kier alpha value is -0.940. The van der Waals surface area contributed by atoms with Crippen molar-refractivity contribution >= 4 is 17.2 Å².